The Labute approximate surface area is 102 Å². The summed E-state index contributed by atoms with van der Waals surface area (Å²) in [5.74, 6) is 0.271. The molecule has 2 rings (SSSR count). The van der Waals surface area contributed by atoms with Crippen molar-refractivity contribution in [1.82, 2.24) is 0 Å². The lowest BCUT2D eigenvalue weighted by molar-refractivity contribution is -0.137. The highest BCUT2D eigenvalue weighted by Gasteiger charge is 2.32. The maximum atomic E-state index is 12.4. The summed E-state index contributed by atoms with van der Waals surface area (Å²) in [7, 11) is -4.17. The van der Waals surface area contributed by atoms with Gasteiger partial charge in [-0.3, -0.25) is 0 Å². The Hall–Kier alpha value is -1.50. The van der Waals surface area contributed by atoms with Crippen LogP contribution in [-0.2, 0) is 20.5 Å². The number of halogens is 3. The number of hydrogen-bond donors (Lipinski definition) is 0. The van der Waals surface area contributed by atoms with Crippen molar-refractivity contribution >= 4 is 10.1 Å². The first-order valence-electron chi connectivity index (χ1n) is 5.10. The minimum atomic E-state index is -4.58. The van der Waals surface area contributed by atoms with E-state index in [1.165, 1.54) is 0 Å². The molecule has 1 aromatic carbocycles. The van der Waals surface area contributed by atoms with Crippen LogP contribution in [0.1, 0.15) is 18.4 Å². The Kier molecular flexibility index (Phi) is 3.10. The molecule has 0 unspecified atom stereocenters. The van der Waals surface area contributed by atoms with Gasteiger partial charge >= 0.3 is 16.3 Å². The lowest BCUT2D eigenvalue weighted by atomic mass is 10.1. The molecule has 0 saturated heterocycles. The fourth-order valence-electron chi connectivity index (χ4n) is 1.35. The van der Waals surface area contributed by atoms with Gasteiger partial charge in [-0.05, 0) is 30.7 Å². The molecule has 1 aliphatic rings. The standard InChI is InChI=1S/C11H9F3O3S/c12-11(13,14)8-3-1-6-10(7-8)18(15,16)17-9-4-2-5-9/h1,3-4,6-7H,2,5H2. The summed E-state index contributed by atoms with van der Waals surface area (Å²) >= 11 is 0. The number of benzene rings is 1. The van der Waals surface area contributed by atoms with Crippen LogP contribution in [0.2, 0.25) is 0 Å². The summed E-state index contributed by atoms with van der Waals surface area (Å²) < 4.78 is 65.4. The van der Waals surface area contributed by atoms with Gasteiger partial charge in [0, 0.05) is 6.42 Å². The van der Waals surface area contributed by atoms with E-state index in [1.807, 2.05) is 0 Å². The second kappa shape index (κ2) is 4.31. The molecule has 0 bridgehead atoms. The van der Waals surface area contributed by atoms with Crippen molar-refractivity contribution in [2.24, 2.45) is 0 Å². The van der Waals surface area contributed by atoms with Crippen LogP contribution in [0.25, 0.3) is 0 Å². The van der Waals surface area contributed by atoms with E-state index in [0.29, 0.717) is 18.9 Å². The molecule has 1 aromatic rings. The van der Waals surface area contributed by atoms with E-state index < -0.39 is 26.8 Å². The molecule has 3 nitrogen and oxygen atoms in total. The second-order valence-corrected chi connectivity index (χ2v) is 5.32. The SMILES string of the molecule is O=S(=O)(OC1=CCC1)c1cccc(C(F)(F)F)c1. The molecule has 0 radical (unpaired) electrons. The first kappa shape index (κ1) is 12.9. The van der Waals surface area contributed by atoms with Crippen LogP contribution in [0.4, 0.5) is 13.2 Å². The van der Waals surface area contributed by atoms with Crippen molar-refractivity contribution in [2.45, 2.75) is 23.9 Å². The normalized spacial score (nSPS) is 15.8. The third-order valence-corrected chi connectivity index (χ3v) is 3.69. The quantitative estimate of drug-likeness (QED) is 0.798. The predicted molar refractivity (Wildman–Crippen MR) is 57.0 cm³/mol. The lowest BCUT2D eigenvalue weighted by Gasteiger charge is -2.15. The molecule has 0 fully saturated rings. The summed E-state index contributed by atoms with van der Waals surface area (Å²) in [5, 5.41) is 0. The molecular weight excluding hydrogens is 269 g/mol. The molecule has 98 valence electrons. The van der Waals surface area contributed by atoms with Crippen molar-refractivity contribution in [3.63, 3.8) is 0 Å². The Balaban J connectivity index is 2.33. The largest absolute Gasteiger partial charge is 0.416 e. The third kappa shape index (κ3) is 2.66. The zero-order chi connectivity index (χ0) is 13.4. The minimum absolute atomic E-state index is 0.271. The summed E-state index contributed by atoms with van der Waals surface area (Å²) in [6.45, 7) is 0. The minimum Gasteiger partial charge on any atom is -0.384 e. The molecule has 0 amide bonds. The van der Waals surface area contributed by atoms with Crippen LogP contribution in [0.5, 0.6) is 0 Å². The number of rotatable bonds is 3. The molecule has 0 aromatic heterocycles. The van der Waals surface area contributed by atoms with E-state index in [4.69, 9.17) is 4.18 Å². The highest BCUT2D eigenvalue weighted by molar-refractivity contribution is 7.86. The molecule has 18 heavy (non-hydrogen) atoms. The molecule has 1 aliphatic carbocycles. The first-order valence-corrected chi connectivity index (χ1v) is 6.51. The Morgan fingerprint density at radius 1 is 1.22 bits per heavy atom. The summed E-state index contributed by atoms with van der Waals surface area (Å²) in [5.41, 5.74) is -1.02. The number of allylic oxidation sites excluding steroid dienone is 2. The third-order valence-electron chi connectivity index (χ3n) is 2.43. The van der Waals surface area contributed by atoms with E-state index in [9.17, 15) is 21.6 Å². The van der Waals surface area contributed by atoms with Gasteiger partial charge in [0.05, 0.1) is 5.56 Å². The van der Waals surface area contributed by atoms with Crippen molar-refractivity contribution in [1.29, 1.82) is 0 Å². The molecular formula is C11H9F3O3S. The molecule has 0 saturated carbocycles. The molecule has 0 heterocycles. The highest BCUT2D eigenvalue weighted by atomic mass is 32.2. The number of hydrogen-bond acceptors (Lipinski definition) is 3. The Morgan fingerprint density at radius 2 is 1.89 bits per heavy atom. The second-order valence-electron chi connectivity index (χ2n) is 3.77. The van der Waals surface area contributed by atoms with Crippen molar-refractivity contribution in [3.05, 3.63) is 41.7 Å². The maximum absolute atomic E-state index is 12.4. The van der Waals surface area contributed by atoms with Crippen LogP contribution in [0.15, 0.2) is 41.0 Å². The smallest absolute Gasteiger partial charge is 0.384 e. The zero-order valence-corrected chi connectivity index (χ0v) is 9.88. The van der Waals surface area contributed by atoms with Crippen LogP contribution in [-0.4, -0.2) is 8.42 Å². The average Bonchev–Trinajstić information content (AvgIpc) is 2.23. The van der Waals surface area contributed by atoms with Gasteiger partial charge in [0.15, 0.2) is 0 Å². The van der Waals surface area contributed by atoms with Gasteiger partial charge in [0.1, 0.15) is 10.7 Å². The molecule has 7 heteroatoms. The molecule has 0 aliphatic heterocycles. The van der Waals surface area contributed by atoms with E-state index in [-0.39, 0.29) is 5.76 Å². The van der Waals surface area contributed by atoms with Crippen molar-refractivity contribution in [2.75, 3.05) is 0 Å². The van der Waals surface area contributed by atoms with E-state index in [2.05, 4.69) is 0 Å². The van der Waals surface area contributed by atoms with E-state index >= 15 is 0 Å². The van der Waals surface area contributed by atoms with E-state index in [1.54, 1.807) is 6.08 Å². The van der Waals surface area contributed by atoms with Gasteiger partial charge in [-0.2, -0.15) is 21.6 Å². The van der Waals surface area contributed by atoms with Gasteiger partial charge in [-0.1, -0.05) is 6.07 Å². The van der Waals surface area contributed by atoms with Gasteiger partial charge in [-0.25, -0.2) is 0 Å². The monoisotopic (exact) mass is 278 g/mol. The maximum Gasteiger partial charge on any atom is 0.416 e. The van der Waals surface area contributed by atoms with E-state index in [0.717, 1.165) is 18.2 Å². The molecule has 0 atom stereocenters. The van der Waals surface area contributed by atoms with Gasteiger partial charge in [0.2, 0.25) is 0 Å². The summed E-state index contributed by atoms with van der Waals surface area (Å²) in [4.78, 5) is -0.495. The predicted octanol–water partition coefficient (Wildman–Crippen LogP) is 3.09. The van der Waals surface area contributed by atoms with Gasteiger partial charge in [0.25, 0.3) is 0 Å². The molecule has 0 N–H and O–H groups in total. The van der Waals surface area contributed by atoms with Gasteiger partial charge < -0.3 is 4.18 Å². The molecule has 0 spiro atoms. The fourth-order valence-corrected chi connectivity index (χ4v) is 2.40. The zero-order valence-electron chi connectivity index (χ0n) is 9.07. The average molecular weight is 278 g/mol. The Morgan fingerprint density at radius 3 is 2.39 bits per heavy atom. The topological polar surface area (TPSA) is 43.4 Å². The van der Waals surface area contributed by atoms with Crippen LogP contribution < -0.4 is 0 Å². The fraction of sp³-hybridized carbons (Fsp3) is 0.273. The van der Waals surface area contributed by atoms with Crippen LogP contribution in [0, 0.1) is 0 Å². The van der Waals surface area contributed by atoms with Crippen molar-refractivity contribution in [3.8, 4) is 0 Å². The van der Waals surface area contributed by atoms with Crippen LogP contribution >= 0.6 is 0 Å². The van der Waals surface area contributed by atoms with Crippen LogP contribution in [0.3, 0.4) is 0 Å². The highest BCUT2D eigenvalue weighted by Crippen LogP contribution is 2.31. The first-order chi connectivity index (χ1) is 8.29. The van der Waals surface area contributed by atoms with Crippen molar-refractivity contribution < 1.29 is 25.8 Å². The van der Waals surface area contributed by atoms with Gasteiger partial charge in [-0.15, -0.1) is 0 Å². The summed E-state index contributed by atoms with van der Waals surface area (Å²) in [6, 6.07) is 3.48. The number of alkyl halides is 3. The summed E-state index contributed by atoms with van der Waals surface area (Å²) in [6.07, 6.45) is -1.81. The lowest BCUT2D eigenvalue weighted by Crippen LogP contribution is -2.11. The Bertz CT molecular complexity index is 588.